The number of aliphatic carboxylic acids is 1. The van der Waals surface area contributed by atoms with Gasteiger partial charge in [0.15, 0.2) is 0 Å². The first kappa shape index (κ1) is 25.2. The third kappa shape index (κ3) is 7.55. The van der Waals surface area contributed by atoms with Gasteiger partial charge in [0.25, 0.3) is 0 Å². The van der Waals surface area contributed by atoms with Crippen molar-refractivity contribution < 1.29 is 19.1 Å². The van der Waals surface area contributed by atoms with E-state index in [1.54, 1.807) is 12.1 Å². The van der Waals surface area contributed by atoms with Crippen LogP contribution < -0.4 is 15.5 Å². The highest BCUT2D eigenvalue weighted by molar-refractivity contribution is 6.02. The number of benzene rings is 2. The molecule has 174 valence electrons. The number of amides is 2. The third-order valence-corrected chi connectivity index (χ3v) is 4.95. The average Bonchev–Trinajstić information content (AvgIpc) is 2.68. The zero-order valence-electron chi connectivity index (χ0n) is 19.5. The fourth-order valence-corrected chi connectivity index (χ4v) is 3.61. The van der Waals surface area contributed by atoms with Crippen LogP contribution in [-0.4, -0.2) is 30.2 Å². The minimum Gasteiger partial charge on any atom is -0.481 e. The standard InChI is InChI=1S/C25H34FN3O3/c1-16(2)14-29(15-17(3)4)23-11-10-19(18(5)12-24(30)31)13-22(23)28-25(32)27-21-9-7-6-8-20(21)26/h6-11,13,16-18H,12,14-15H2,1-5H3,(H,30,31)(H2,27,28,32). The molecule has 3 N–H and O–H groups in total. The predicted octanol–water partition coefficient (Wildman–Crippen LogP) is 6.17. The number of urea groups is 1. The van der Waals surface area contributed by atoms with Crippen molar-refractivity contribution in [3.63, 3.8) is 0 Å². The molecular formula is C25H34FN3O3. The molecule has 0 fully saturated rings. The lowest BCUT2D eigenvalue weighted by molar-refractivity contribution is -0.137. The largest absolute Gasteiger partial charge is 0.481 e. The molecule has 32 heavy (non-hydrogen) atoms. The van der Waals surface area contributed by atoms with Gasteiger partial charge in [-0.25, -0.2) is 9.18 Å². The second-order valence-electron chi connectivity index (χ2n) is 9.03. The number of halogens is 1. The number of para-hydroxylation sites is 1. The number of anilines is 3. The molecule has 1 unspecified atom stereocenters. The monoisotopic (exact) mass is 443 g/mol. The van der Waals surface area contributed by atoms with Gasteiger partial charge in [0.1, 0.15) is 5.82 Å². The van der Waals surface area contributed by atoms with Gasteiger partial charge in [0.05, 0.1) is 23.5 Å². The third-order valence-electron chi connectivity index (χ3n) is 4.95. The van der Waals surface area contributed by atoms with E-state index in [9.17, 15) is 14.0 Å². The van der Waals surface area contributed by atoms with Crippen LogP contribution in [0.1, 0.15) is 52.5 Å². The van der Waals surface area contributed by atoms with Crippen molar-refractivity contribution in [2.24, 2.45) is 11.8 Å². The summed E-state index contributed by atoms with van der Waals surface area (Å²) in [6.45, 7) is 12.0. The van der Waals surface area contributed by atoms with E-state index >= 15 is 0 Å². The topological polar surface area (TPSA) is 81.7 Å². The summed E-state index contributed by atoms with van der Waals surface area (Å²) in [4.78, 5) is 26.1. The van der Waals surface area contributed by atoms with Gasteiger partial charge in [0.2, 0.25) is 0 Å². The number of carboxylic acids is 1. The number of nitrogens with one attached hydrogen (secondary N) is 2. The van der Waals surface area contributed by atoms with Crippen LogP contribution >= 0.6 is 0 Å². The van der Waals surface area contributed by atoms with E-state index in [2.05, 4.69) is 43.2 Å². The van der Waals surface area contributed by atoms with Crippen LogP contribution in [0.4, 0.5) is 26.2 Å². The van der Waals surface area contributed by atoms with E-state index < -0.39 is 17.8 Å². The van der Waals surface area contributed by atoms with E-state index in [1.165, 1.54) is 12.1 Å². The second-order valence-corrected chi connectivity index (χ2v) is 9.03. The van der Waals surface area contributed by atoms with Gasteiger partial charge >= 0.3 is 12.0 Å². The van der Waals surface area contributed by atoms with Crippen molar-refractivity contribution >= 4 is 29.1 Å². The molecule has 0 bridgehead atoms. The molecule has 0 aliphatic heterocycles. The van der Waals surface area contributed by atoms with Crippen LogP contribution in [0.3, 0.4) is 0 Å². The van der Waals surface area contributed by atoms with E-state index in [4.69, 9.17) is 5.11 Å². The van der Waals surface area contributed by atoms with Gasteiger partial charge in [0, 0.05) is 13.1 Å². The normalized spacial score (nSPS) is 12.0. The van der Waals surface area contributed by atoms with Gasteiger partial charge in [-0.15, -0.1) is 0 Å². The van der Waals surface area contributed by atoms with E-state index in [0.29, 0.717) is 17.5 Å². The van der Waals surface area contributed by atoms with E-state index in [-0.39, 0.29) is 18.0 Å². The van der Waals surface area contributed by atoms with Crippen molar-refractivity contribution in [3.05, 3.63) is 53.8 Å². The molecule has 0 saturated carbocycles. The number of carbonyl (C=O) groups excluding carboxylic acids is 1. The van der Waals surface area contributed by atoms with Crippen molar-refractivity contribution in [2.45, 2.75) is 47.0 Å². The van der Waals surface area contributed by atoms with Gasteiger partial charge in [-0.1, -0.05) is 52.8 Å². The molecule has 0 spiro atoms. The quantitative estimate of drug-likeness (QED) is 0.410. The van der Waals surface area contributed by atoms with Crippen LogP contribution in [0.2, 0.25) is 0 Å². The fraction of sp³-hybridized carbons (Fsp3) is 0.440. The maximum atomic E-state index is 14.0. The van der Waals surface area contributed by atoms with Gasteiger partial charge in [-0.3, -0.25) is 4.79 Å². The number of nitrogens with zero attached hydrogens (tertiary/aromatic N) is 1. The van der Waals surface area contributed by atoms with Gasteiger partial charge in [-0.05, 0) is 47.6 Å². The van der Waals surface area contributed by atoms with E-state index in [0.717, 1.165) is 24.3 Å². The highest BCUT2D eigenvalue weighted by atomic mass is 19.1. The number of rotatable bonds is 10. The lowest BCUT2D eigenvalue weighted by Gasteiger charge is -2.31. The fourth-order valence-electron chi connectivity index (χ4n) is 3.61. The smallest absolute Gasteiger partial charge is 0.323 e. The number of hydrogen-bond acceptors (Lipinski definition) is 3. The first-order chi connectivity index (χ1) is 15.1. The van der Waals surface area contributed by atoms with Crippen LogP contribution in [-0.2, 0) is 4.79 Å². The first-order valence-corrected chi connectivity index (χ1v) is 11.0. The Morgan fingerprint density at radius 2 is 1.53 bits per heavy atom. The van der Waals surface area contributed by atoms with Crippen molar-refractivity contribution in [1.82, 2.24) is 0 Å². The van der Waals surface area contributed by atoms with Gasteiger partial charge < -0.3 is 20.6 Å². The minimum atomic E-state index is -0.880. The molecular weight excluding hydrogens is 409 g/mol. The van der Waals surface area contributed by atoms with Crippen molar-refractivity contribution in [2.75, 3.05) is 28.6 Å². The SMILES string of the molecule is CC(C)CN(CC(C)C)c1ccc(C(C)CC(=O)O)cc1NC(=O)Nc1ccccc1F. The molecule has 0 aliphatic carbocycles. The Labute approximate surface area is 189 Å². The lowest BCUT2D eigenvalue weighted by Crippen LogP contribution is -2.32. The van der Waals surface area contributed by atoms with Gasteiger partial charge in [-0.2, -0.15) is 0 Å². The molecule has 2 amide bonds. The predicted molar refractivity (Wildman–Crippen MR) is 128 cm³/mol. The average molecular weight is 444 g/mol. The Kier molecular flexibility index (Phi) is 9.05. The summed E-state index contributed by atoms with van der Waals surface area (Å²) in [6.07, 6.45) is -0.0120. The molecule has 0 aromatic heterocycles. The summed E-state index contributed by atoms with van der Waals surface area (Å²) < 4.78 is 14.0. The zero-order chi connectivity index (χ0) is 23.8. The molecule has 6 nitrogen and oxygen atoms in total. The second kappa shape index (κ2) is 11.5. The van der Waals surface area contributed by atoms with Crippen molar-refractivity contribution in [3.8, 4) is 0 Å². The summed E-state index contributed by atoms with van der Waals surface area (Å²) >= 11 is 0. The number of hydrogen-bond donors (Lipinski definition) is 3. The van der Waals surface area contributed by atoms with Crippen LogP contribution in [0.25, 0.3) is 0 Å². The summed E-state index contributed by atoms with van der Waals surface area (Å²) in [7, 11) is 0. The molecule has 2 aromatic rings. The summed E-state index contributed by atoms with van der Waals surface area (Å²) in [5.41, 5.74) is 2.31. The summed E-state index contributed by atoms with van der Waals surface area (Å²) in [5, 5.41) is 14.6. The molecule has 2 rings (SSSR count). The van der Waals surface area contributed by atoms with Crippen molar-refractivity contribution in [1.29, 1.82) is 0 Å². The Bertz CT molecular complexity index is 920. The van der Waals surface area contributed by atoms with Crippen LogP contribution in [0, 0.1) is 17.7 Å². The Morgan fingerprint density at radius 3 is 2.09 bits per heavy atom. The maximum Gasteiger partial charge on any atom is 0.323 e. The molecule has 2 aromatic carbocycles. The molecule has 0 heterocycles. The lowest BCUT2D eigenvalue weighted by atomic mass is 9.96. The van der Waals surface area contributed by atoms with Crippen LogP contribution in [0.15, 0.2) is 42.5 Å². The molecule has 0 saturated heterocycles. The summed E-state index contributed by atoms with van der Waals surface area (Å²) in [5.74, 6) is -0.818. The Morgan fingerprint density at radius 1 is 0.938 bits per heavy atom. The molecule has 0 radical (unpaired) electrons. The van der Waals surface area contributed by atoms with E-state index in [1.807, 2.05) is 25.1 Å². The minimum absolute atomic E-state index is 0.0120. The molecule has 1 atom stereocenters. The summed E-state index contributed by atoms with van der Waals surface area (Å²) in [6, 6.07) is 11.1. The molecule has 7 heteroatoms. The maximum absolute atomic E-state index is 14.0. The number of carboxylic acid groups (broad SMARTS) is 1. The Balaban J connectivity index is 2.40. The Hall–Kier alpha value is -3.09. The van der Waals surface area contributed by atoms with Crippen LogP contribution in [0.5, 0.6) is 0 Å². The first-order valence-electron chi connectivity index (χ1n) is 11.0. The highest BCUT2D eigenvalue weighted by Gasteiger charge is 2.19. The molecule has 0 aliphatic rings. The highest BCUT2D eigenvalue weighted by Crippen LogP contribution is 2.32. The zero-order valence-corrected chi connectivity index (χ0v) is 19.5. The number of carbonyl (C=O) groups is 2.